The topological polar surface area (TPSA) is 83.4 Å². The number of thiocarbonyl (C=S) groups is 1. The molecule has 21 heavy (non-hydrogen) atoms. The molecule has 0 saturated carbocycles. The third-order valence-corrected chi connectivity index (χ3v) is 6.22. The molecule has 110 valence electrons. The van der Waals surface area contributed by atoms with E-state index in [0.717, 1.165) is 23.5 Å². The van der Waals surface area contributed by atoms with E-state index >= 15 is 0 Å². The third-order valence-electron chi connectivity index (χ3n) is 3.08. The quantitative estimate of drug-likeness (QED) is 0.813. The number of nitrogens with zero attached hydrogens (tertiary/aromatic N) is 2. The van der Waals surface area contributed by atoms with Gasteiger partial charge in [-0.15, -0.1) is 0 Å². The van der Waals surface area contributed by atoms with Gasteiger partial charge in [0.1, 0.15) is 11.8 Å². The molecule has 0 aromatic heterocycles. The zero-order valence-corrected chi connectivity index (χ0v) is 13.2. The minimum absolute atomic E-state index is 0.189. The first-order chi connectivity index (χ1) is 10.1. The normalized spacial score (nSPS) is 22.8. The van der Waals surface area contributed by atoms with Crippen molar-refractivity contribution in [3.8, 4) is 11.8 Å². The van der Waals surface area contributed by atoms with Crippen molar-refractivity contribution in [2.75, 3.05) is 12.9 Å². The van der Waals surface area contributed by atoms with Crippen molar-refractivity contribution >= 4 is 32.6 Å². The molecule has 1 aromatic carbocycles. The Bertz CT molecular complexity index is 633. The van der Waals surface area contributed by atoms with Crippen LogP contribution in [0.1, 0.15) is 5.56 Å². The van der Waals surface area contributed by atoms with Gasteiger partial charge in [-0.2, -0.15) is 5.26 Å². The largest absolute Gasteiger partial charge is 0.497 e. The summed E-state index contributed by atoms with van der Waals surface area (Å²) in [5.41, 5.74) is 6.76. The number of hydrogen-bond donors (Lipinski definition) is 2. The zero-order valence-electron chi connectivity index (χ0n) is 11.6. The van der Waals surface area contributed by atoms with E-state index in [2.05, 4.69) is 15.8 Å². The molecule has 1 aliphatic heterocycles. The average molecular weight is 320 g/mol. The summed E-state index contributed by atoms with van der Waals surface area (Å²) in [7, 11) is -0.0662. The van der Waals surface area contributed by atoms with Gasteiger partial charge in [0.05, 0.1) is 7.11 Å². The summed E-state index contributed by atoms with van der Waals surface area (Å²) in [6.45, 7) is 0. The molecule has 0 aliphatic carbocycles. The van der Waals surface area contributed by atoms with Gasteiger partial charge in [0.15, 0.2) is 10.2 Å². The molecule has 0 bridgehead atoms. The number of hydrogen-bond acceptors (Lipinski definition) is 4. The number of ether oxygens (including phenoxy) is 1. The van der Waals surface area contributed by atoms with Gasteiger partial charge in [-0.1, -0.05) is 22.3 Å². The van der Waals surface area contributed by atoms with Crippen LogP contribution in [0.3, 0.4) is 0 Å². The van der Waals surface area contributed by atoms with E-state index in [-0.39, 0.29) is 5.11 Å². The Hall–Kier alpha value is -2.04. The molecule has 3 N–H and O–H groups in total. The van der Waals surface area contributed by atoms with Gasteiger partial charge in [-0.05, 0) is 41.7 Å². The summed E-state index contributed by atoms with van der Waals surface area (Å²) in [5.74, 6) is 1.54. The fourth-order valence-electron chi connectivity index (χ4n) is 2.02. The average Bonchev–Trinajstić information content (AvgIpc) is 2.88. The Labute approximate surface area is 131 Å². The van der Waals surface area contributed by atoms with E-state index in [1.54, 1.807) is 13.3 Å². The van der Waals surface area contributed by atoms with Crippen LogP contribution in [-0.2, 0) is 6.42 Å². The van der Waals surface area contributed by atoms with Crippen LogP contribution in [0.25, 0.3) is 0 Å². The summed E-state index contributed by atoms with van der Waals surface area (Å²) in [5, 5.41) is 11.8. The molecule has 1 aromatic rings. The number of aliphatic imine (C=N–C) groups is 1. The Kier molecular flexibility index (Phi) is 4.83. The molecule has 5 nitrogen and oxygen atoms in total. The SMILES string of the molecule is COc1ccc(CCS2(NC(N)=S)C=CN=C2C#N)cc1. The number of nitrogens with two attached hydrogens (primary N) is 1. The summed E-state index contributed by atoms with van der Waals surface area (Å²) < 4.78 is 8.22. The Morgan fingerprint density at radius 3 is 2.76 bits per heavy atom. The van der Waals surface area contributed by atoms with E-state index in [9.17, 15) is 5.26 Å². The monoisotopic (exact) mass is 320 g/mol. The molecule has 0 amide bonds. The summed E-state index contributed by atoms with van der Waals surface area (Å²) >= 11 is 4.94. The lowest BCUT2D eigenvalue weighted by Crippen LogP contribution is -2.35. The van der Waals surface area contributed by atoms with Crippen LogP contribution in [0.2, 0.25) is 0 Å². The maximum atomic E-state index is 9.24. The maximum absolute atomic E-state index is 9.24. The van der Waals surface area contributed by atoms with E-state index in [1.807, 2.05) is 29.7 Å². The molecule has 1 aliphatic rings. The molecule has 1 unspecified atom stereocenters. The van der Waals surface area contributed by atoms with Crippen molar-refractivity contribution < 1.29 is 4.74 Å². The second-order valence-corrected chi connectivity index (χ2v) is 7.69. The maximum Gasteiger partial charge on any atom is 0.177 e. The van der Waals surface area contributed by atoms with Crippen LogP contribution in [0.15, 0.2) is 40.9 Å². The Balaban J connectivity index is 2.13. The molecular weight excluding hydrogens is 304 g/mol. The van der Waals surface area contributed by atoms with Crippen molar-refractivity contribution in [1.29, 1.82) is 5.26 Å². The van der Waals surface area contributed by atoms with Gasteiger partial charge in [0, 0.05) is 12.0 Å². The number of rotatable bonds is 5. The lowest BCUT2D eigenvalue weighted by atomic mass is 10.2. The molecule has 0 fully saturated rings. The molecular formula is C14H16N4OS2. The highest BCUT2D eigenvalue weighted by molar-refractivity contribution is 8.47. The van der Waals surface area contributed by atoms with E-state index < -0.39 is 10.2 Å². The molecule has 0 radical (unpaired) electrons. The van der Waals surface area contributed by atoms with Crippen LogP contribution in [-0.4, -0.2) is 23.0 Å². The van der Waals surface area contributed by atoms with Gasteiger partial charge >= 0.3 is 0 Å². The molecule has 1 atom stereocenters. The molecule has 7 heteroatoms. The molecule has 1 heterocycles. The first-order valence-electron chi connectivity index (χ1n) is 6.25. The van der Waals surface area contributed by atoms with Gasteiger partial charge in [0.2, 0.25) is 0 Å². The molecule has 0 saturated heterocycles. The lowest BCUT2D eigenvalue weighted by Gasteiger charge is -2.33. The van der Waals surface area contributed by atoms with Crippen LogP contribution in [0.4, 0.5) is 0 Å². The van der Waals surface area contributed by atoms with Gasteiger partial charge in [-0.25, -0.2) is 4.99 Å². The Morgan fingerprint density at radius 2 is 2.19 bits per heavy atom. The minimum atomic E-state index is -1.70. The zero-order chi connectivity index (χ0) is 15.3. The number of methoxy groups -OCH3 is 1. The number of nitrogens with one attached hydrogen (secondary N) is 1. The van der Waals surface area contributed by atoms with Crippen LogP contribution < -0.4 is 15.2 Å². The second kappa shape index (κ2) is 6.61. The second-order valence-electron chi connectivity index (χ2n) is 4.39. The fraction of sp³-hybridized carbons (Fsp3) is 0.214. The van der Waals surface area contributed by atoms with Crippen molar-refractivity contribution in [1.82, 2.24) is 4.72 Å². The highest BCUT2D eigenvalue weighted by atomic mass is 32.3. The summed E-state index contributed by atoms with van der Waals surface area (Å²) in [6.07, 6.45) is 2.44. The predicted octanol–water partition coefficient (Wildman–Crippen LogP) is 2.20. The standard InChI is InChI=1S/C14H16N4OS2/c1-19-12-4-2-11(3-5-12)6-8-21(18-14(16)20)9-7-17-13(21)10-15/h2-5,7,9H,6,8H2,1H3,(H3,16,18,20). The first kappa shape index (κ1) is 15.4. The number of benzene rings is 1. The smallest absolute Gasteiger partial charge is 0.177 e. The van der Waals surface area contributed by atoms with Crippen molar-refractivity contribution in [3.63, 3.8) is 0 Å². The predicted molar refractivity (Wildman–Crippen MR) is 91.3 cm³/mol. The van der Waals surface area contributed by atoms with Crippen LogP contribution >= 0.6 is 22.4 Å². The molecule has 2 rings (SSSR count). The molecule has 0 spiro atoms. The van der Waals surface area contributed by atoms with Crippen molar-refractivity contribution in [2.45, 2.75) is 6.42 Å². The van der Waals surface area contributed by atoms with Crippen molar-refractivity contribution in [3.05, 3.63) is 41.4 Å². The lowest BCUT2D eigenvalue weighted by molar-refractivity contribution is 0.414. The van der Waals surface area contributed by atoms with Crippen LogP contribution in [0, 0.1) is 11.3 Å². The van der Waals surface area contributed by atoms with E-state index in [4.69, 9.17) is 22.7 Å². The fourth-order valence-corrected chi connectivity index (χ4v) is 4.79. The van der Waals surface area contributed by atoms with Gasteiger partial charge in [-0.3, -0.25) is 0 Å². The van der Waals surface area contributed by atoms with Gasteiger partial charge < -0.3 is 15.2 Å². The van der Waals surface area contributed by atoms with E-state index in [1.165, 1.54) is 0 Å². The number of aryl methyl sites for hydroxylation is 1. The minimum Gasteiger partial charge on any atom is -0.497 e. The summed E-state index contributed by atoms with van der Waals surface area (Å²) in [4.78, 5) is 4.11. The highest BCUT2D eigenvalue weighted by Gasteiger charge is 2.30. The van der Waals surface area contributed by atoms with Crippen LogP contribution in [0.5, 0.6) is 5.75 Å². The Morgan fingerprint density at radius 1 is 1.48 bits per heavy atom. The first-order valence-corrected chi connectivity index (χ1v) is 8.52. The number of nitriles is 1. The van der Waals surface area contributed by atoms with Crippen molar-refractivity contribution in [2.24, 2.45) is 10.7 Å². The van der Waals surface area contributed by atoms with E-state index in [0.29, 0.717) is 5.04 Å². The van der Waals surface area contributed by atoms with Gasteiger partial charge in [0.25, 0.3) is 0 Å². The highest BCUT2D eigenvalue weighted by Crippen LogP contribution is 2.50. The summed E-state index contributed by atoms with van der Waals surface area (Å²) in [6, 6.07) is 10.00. The third kappa shape index (κ3) is 3.54.